The molecule has 0 saturated heterocycles. The summed E-state index contributed by atoms with van der Waals surface area (Å²) < 4.78 is 24.5. The van der Waals surface area contributed by atoms with Crippen LogP contribution >= 0.6 is 0 Å². The number of non-ortho nitro benzene ring substituents is 1. The van der Waals surface area contributed by atoms with Crippen LogP contribution in [0.25, 0.3) is 0 Å². The van der Waals surface area contributed by atoms with E-state index in [0.717, 1.165) is 24.3 Å². The molecule has 0 atom stereocenters. The van der Waals surface area contributed by atoms with E-state index < -0.39 is 50.6 Å². The number of hydrogen-bond acceptors (Lipinski definition) is 6. The van der Waals surface area contributed by atoms with Gasteiger partial charge < -0.3 is 10.2 Å². The molecule has 0 heterocycles. The lowest BCUT2D eigenvalue weighted by Crippen LogP contribution is -2.39. The Labute approximate surface area is 118 Å². The van der Waals surface area contributed by atoms with Gasteiger partial charge in [0.05, 0.1) is 9.82 Å². The van der Waals surface area contributed by atoms with Crippen molar-refractivity contribution in [2.45, 2.75) is 4.90 Å². The molecule has 0 aliphatic rings. The molecule has 0 radical (unpaired) electrons. The van der Waals surface area contributed by atoms with Gasteiger partial charge in [0.2, 0.25) is 10.0 Å². The van der Waals surface area contributed by atoms with Crippen LogP contribution in [0.3, 0.4) is 0 Å². The van der Waals surface area contributed by atoms with Gasteiger partial charge in [-0.1, -0.05) is 6.07 Å². The third kappa shape index (κ3) is 4.22. The highest BCUT2D eigenvalue weighted by Crippen LogP contribution is 2.20. The minimum absolute atomic E-state index is 0.205. The van der Waals surface area contributed by atoms with Crippen LogP contribution in [0.1, 0.15) is 0 Å². The van der Waals surface area contributed by atoms with Gasteiger partial charge in [0.25, 0.3) is 5.69 Å². The van der Waals surface area contributed by atoms with Crippen molar-refractivity contribution in [2.75, 3.05) is 13.1 Å². The molecule has 10 nitrogen and oxygen atoms in total. The Kier molecular flexibility index (Phi) is 4.94. The predicted molar refractivity (Wildman–Crippen MR) is 67.1 cm³/mol. The topological polar surface area (TPSA) is 155 Å². The molecule has 2 N–H and O–H groups in total. The van der Waals surface area contributed by atoms with Crippen LogP contribution in [0.4, 0.5) is 5.69 Å². The van der Waals surface area contributed by atoms with Gasteiger partial charge >= 0.3 is 11.9 Å². The Morgan fingerprint density at radius 2 is 1.71 bits per heavy atom. The van der Waals surface area contributed by atoms with Gasteiger partial charge in [-0.2, -0.15) is 4.31 Å². The zero-order valence-electron chi connectivity index (χ0n) is 10.4. The van der Waals surface area contributed by atoms with Crippen LogP contribution < -0.4 is 0 Å². The second kappa shape index (κ2) is 6.28. The number of benzene rings is 1. The Morgan fingerprint density at radius 1 is 1.19 bits per heavy atom. The van der Waals surface area contributed by atoms with Crippen molar-refractivity contribution in [1.29, 1.82) is 0 Å². The van der Waals surface area contributed by atoms with E-state index in [-0.39, 0.29) is 4.31 Å². The molecule has 1 aromatic rings. The first kappa shape index (κ1) is 16.5. The predicted octanol–water partition coefficient (Wildman–Crippen LogP) is -0.245. The number of carboxylic acid groups (broad SMARTS) is 2. The van der Waals surface area contributed by atoms with Crippen LogP contribution in [-0.4, -0.2) is 52.9 Å². The third-order valence-electron chi connectivity index (χ3n) is 2.29. The van der Waals surface area contributed by atoms with E-state index in [0.29, 0.717) is 0 Å². The van der Waals surface area contributed by atoms with Crippen molar-refractivity contribution in [3.05, 3.63) is 34.4 Å². The van der Waals surface area contributed by atoms with E-state index in [9.17, 15) is 28.1 Å². The Bertz CT molecular complexity index is 668. The molecule has 0 aromatic heterocycles. The summed E-state index contributed by atoms with van der Waals surface area (Å²) in [5.41, 5.74) is -0.512. The summed E-state index contributed by atoms with van der Waals surface area (Å²) in [6.07, 6.45) is 0. The normalized spacial score (nSPS) is 11.3. The number of rotatable bonds is 7. The summed E-state index contributed by atoms with van der Waals surface area (Å²) in [6, 6.07) is 3.90. The van der Waals surface area contributed by atoms with Crippen LogP contribution in [0, 0.1) is 10.1 Å². The smallest absolute Gasteiger partial charge is 0.318 e. The van der Waals surface area contributed by atoms with E-state index in [1.54, 1.807) is 0 Å². The molecule has 11 heteroatoms. The van der Waals surface area contributed by atoms with Crippen molar-refractivity contribution in [3.63, 3.8) is 0 Å². The molecule has 0 bridgehead atoms. The van der Waals surface area contributed by atoms with Crippen molar-refractivity contribution in [3.8, 4) is 0 Å². The maximum Gasteiger partial charge on any atom is 0.318 e. The fourth-order valence-corrected chi connectivity index (χ4v) is 2.81. The highest BCUT2D eigenvalue weighted by Gasteiger charge is 2.29. The molecule has 1 aromatic carbocycles. The average Bonchev–Trinajstić information content (AvgIpc) is 2.37. The summed E-state index contributed by atoms with van der Waals surface area (Å²) in [6.45, 7) is -2.14. The van der Waals surface area contributed by atoms with E-state index >= 15 is 0 Å². The van der Waals surface area contributed by atoms with Gasteiger partial charge in [-0.3, -0.25) is 19.7 Å². The molecule has 0 amide bonds. The van der Waals surface area contributed by atoms with Gasteiger partial charge in [-0.15, -0.1) is 0 Å². The van der Waals surface area contributed by atoms with E-state index in [1.165, 1.54) is 0 Å². The number of aliphatic carboxylic acids is 2. The fraction of sp³-hybridized carbons (Fsp3) is 0.200. The summed E-state index contributed by atoms with van der Waals surface area (Å²) in [5.74, 6) is -3.10. The Balaban J connectivity index is 3.27. The zero-order valence-corrected chi connectivity index (χ0v) is 11.2. The highest BCUT2D eigenvalue weighted by molar-refractivity contribution is 7.89. The molecular weight excluding hydrogens is 308 g/mol. The molecule has 0 fully saturated rings. The van der Waals surface area contributed by atoms with Crippen LogP contribution in [0.5, 0.6) is 0 Å². The number of nitro benzene ring substituents is 1. The SMILES string of the molecule is O=C(O)CN(CC(=O)O)S(=O)(=O)c1cccc([N+](=O)[O-])c1. The fourth-order valence-electron chi connectivity index (χ4n) is 1.43. The first-order valence-electron chi connectivity index (χ1n) is 5.33. The maximum atomic E-state index is 12.2. The molecule has 0 aliphatic heterocycles. The van der Waals surface area contributed by atoms with Crippen molar-refractivity contribution >= 4 is 27.6 Å². The number of nitro groups is 1. The van der Waals surface area contributed by atoms with Gasteiger partial charge in [0.15, 0.2) is 0 Å². The maximum absolute atomic E-state index is 12.2. The summed E-state index contributed by atoms with van der Waals surface area (Å²) in [5, 5.41) is 27.9. The standard InChI is InChI=1S/C10H10N2O8S/c13-9(14)5-11(6-10(15)16)21(19,20)8-3-1-2-7(4-8)12(17)18/h1-4H,5-6H2,(H,13,14)(H,15,16). The first-order chi connectivity index (χ1) is 9.64. The Hall–Kier alpha value is -2.53. The molecular formula is C10H10N2O8S. The molecule has 1 rings (SSSR count). The Morgan fingerprint density at radius 3 is 2.14 bits per heavy atom. The number of carbonyl (C=O) groups is 2. The number of carboxylic acids is 2. The lowest BCUT2D eigenvalue weighted by Gasteiger charge is -2.18. The number of hydrogen-bond donors (Lipinski definition) is 2. The molecule has 0 aliphatic carbocycles. The molecule has 114 valence electrons. The van der Waals surface area contributed by atoms with Crippen LogP contribution in [0.2, 0.25) is 0 Å². The first-order valence-corrected chi connectivity index (χ1v) is 6.77. The van der Waals surface area contributed by atoms with E-state index in [1.807, 2.05) is 0 Å². The molecule has 0 saturated carbocycles. The van der Waals surface area contributed by atoms with Crippen LogP contribution in [0.15, 0.2) is 29.2 Å². The number of nitrogens with zero attached hydrogens (tertiary/aromatic N) is 2. The molecule has 0 unspecified atom stereocenters. The minimum atomic E-state index is -4.48. The number of sulfonamides is 1. The monoisotopic (exact) mass is 318 g/mol. The lowest BCUT2D eigenvalue weighted by molar-refractivity contribution is -0.385. The summed E-state index contributed by atoms with van der Waals surface area (Å²) >= 11 is 0. The van der Waals surface area contributed by atoms with Gasteiger partial charge in [-0.25, -0.2) is 8.42 Å². The summed E-state index contributed by atoms with van der Waals surface area (Å²) in [7, 11) is -4.48. The van der Waals surface area contributed by atoms with Gasteiger partial charge in [-0.05, 0) is 6.07 Å². The second-order valence-electron chi connectivity index (χ2n) is 3.82. The largest absolute Gasteiger partial charge is 0.480 e. The second-order valence-corrected chi connectivity index (χ2v) is 5.75. The van der Waals surface area contributed by atoms with Gasteiger partial charge in [0.1, 0.15) is 13.1 Å². The molecule has 21 heavy (non-hydrogen) atoms. The van der Waals surface area contributed by atoms with Crippen molar-refractivity contribution < 1.29 is 33.1 Å². The lowest BCUT2D eigenvalue weighted by atomic mass is 10.3. The van der Waals surface area contributed by atoms with Crippen LogP contribution in [-0.2, 0) is 19.6 Å². The van der Waals surface area contributed by atoms with E-state index in [2.05, 4.69) is 0 Å². The zero-order chi connectivity index (χ0) is 16.2. The summed E-state index contributed by atoms with van der Waals surface area (Å²) in [4.78, 5) is 30.5. The van der Waals surface area contributed by atoms with E-state index in [4.69, 9.17) is 10.2 Å². The highest BCUT2D eigenvalue weighted by atomic mass is 32.2. The molecule has 0 spiro atoms. The third-order valence-corrected chi connectivity index (χ3v) is 4.08. The average molecular weight is 318 g/mol. The minimum Gasteiger partial charge on any atom is -0.480 e. The van der Waals surface area contributed by atoms with Gasteiger partial charge in [0, 0.05) is 12.1 Å². The quantitative estimate of drug-likeness (QED) is 0.515. The van der Waals surface area contributed by atoms with Crippen molar-refractivity contribution in [1.82, 2.24) is 4.31 Å². The van der Waals surface area contributed by atoms with Crippen molar-refractivity contribution in [2.24, 2.45) is 0 Å².